The van der Waals surface area contributed by atoms with Crippen LogP contribution in [0.2, 0.25) is 0 Å². The third-order valence-corrected chi connectivity index (χ3v) is 13.4. The van der Waals surface area contributed by atoms with Gasteiger partial charge in [-0.3, -0.25) is 19.1 Å². The number of rotatable bonds is 10. The summed E-state index contributed by atoms with van der Waals surface area (Å²) in [4.78, 5) is 19.6. The molecule has 0 aliphatic heterocycles. The van der Waals surface area contributed by atoms with Gasteiger partial charge in [0.05, 0.1) is 45.8 Å². The minimum absolute atomic E-state index is 0.701. The number of ether oxygens (including phenoxy) is 2. The molecule has 0 atom stereocenters. The molecule has 0 saturated heterocycles. The Labute approximate surface area is 415 Å². The second-order valence-electron chi connectivity index (χ2n) is 18.1. The maximum atomic E-state index is 6.92. The molecule has 5 heterocycles. The van der Waals surface area contributed by atoms with Crippen LogP contribution in [0.15, 0.2) is 231 Å². The number of pyridine rings is 2. The van der Waals surface area contributed by atoms with Crippen molar-refractivity contribution in [1.29, 1.82) is 0 Å². The molecule has 8 aromatic carbocycles. The minimum Gasteiger partial charge on any atom is -0.457 e. The van der Waals surface area contributed by atoms with Gasteiger partial charge in [-0.1, -0.05) is 109 Å². The molecule has 0 radical (unpaired) electrons. The van der Waals surface area contributed by atoms with Crippen molar-refractivity contribution in [1.82, 2.24) is 29.1 Å². The highest BCUT2D eigenvalue weighted by atomic mass is 16.5. The maximum Gasteiger partial charge on any atom is 0.137 e. The molecule has 342 valence electrons. The Kier molecular flexibility index (Phi) is 10.4. The smallest absolute Gasteiger partial charge is 0.137 e. The van der Waals surface area contributed by atoms with Crippen LogP contribution in [-0.2, 0) is 0 Å². The molecule has 0 spiro atoms. The van der Waals surface area contributed by atoms with E-state index in [1.54, 1.807) is 0 Å². The van der Waals surface area contributed by atoms with Crippen LogP contribution in [0.5, 0.6) is 23.0 Å². The fourth-order valence-corrected chi connectivity index (χ4v) is 9.93. The first-order chi connectivity index (χ1) is 35.5. The topological polar surface area (TPSA) is 79.9 Å². The number of benzene rings is 8. The van der Waals surface area contributed by atoms with Gasteiger partial charge in [-0.05, 0) is 121 Å². The predicted molar refractivity (Wildman–Crippen MR) is 291 cm³/mol. The normalized spacial score (nSPS) is 11.5. The number of nitrogens with zero attached hydrogens (tertiary/aromatic N) is 6. The summed E-state index contributed by atoms with van der Waals surface area (Å²) in [5, 5.41) is 4.56. The molecule has 8 heteroatoms. The maximum absolute atomic E-state index is 6.92. The molecule has 13 rings (SSSR count). The summed E-state index contributed by atoms with van der Waals surface area (Å²) in [6, 6.07) is 70.8. The summed E-state index contributed by atoms with van der Waals surface area (Å²) in [6.45, 7) is 4.18. The van der Waals surface area contributed by atoms with Crippen molar-refractivity contribution in [2.45, 2.75) is 13.8 Å². The molecule has 0 bridgehead atoms. The van der Waals surface area contributed by atoms with Gasteiger partial charge in [-0.2, -0.15) is 0 Å². The van der Waals surface area contributed by atoms with E-state index in [4.69, 9.17) is 29.4 Å². The van der Waals surface area contributed by atoms with E-state index in [0.717, 1.165) is 99.8 Å². The van der Waals surface area contributed by atoms with Gasteiger partial charge >= 0.3 is 0 Å². The molecular weight excluding hydrogens is 885 g/mol. The second-order valence-corrected chi connectivity index (χ2v) is 18.1. The first kappa shape index (κ1) is 42.4. The Morgan fingerprint density at radius 2 is 0.750 bits per heavy atom. The van der Waals surface area contributed by atoms with Crippen molar-refractivity contribution >= 4 is 43.6 Å². The SMILES string of the molecule is Cc1ccnc(-n2c3ccccc3c3ccc(Oc4cc(-c5cnc(-c6ccc(-c7ccccc7)c(Oc7ccc8c9ccccc9n(-c9cc(C)ccn9)c8c7)c6)cn5)ccc4-c4ccccc4)cc32)c1. The highest BCUT2D eigenvalue weighted by Gasteiger charge is 2.19. The average Bonchev–Trinajstić information content (AvgIpc) is 3.93. The Morgan fingerprint density at radius 3 is 1.18 bits per heavy atom. The van der Waals surface area contributed by atoms with Crippen molar-refractivity contribution in [2.24, 2.45) is 0 Å². The molecule has 8 nitrogen and oxygen atoms in total. The van der Waals surface area contributed by atoms with Crippen molar-refractivity contribution < 1.29 is 9.47 Å². The summed E-state index contributed by atoms with van der Waals surface area (Å²) in [5.41, 5.74) is 13.7. The fraction of sp³-hybridized carbons (Fsp3) is 0.0312. The van der Waals surface area contributed by atoms with E-state index in [-0.39, 0.29) is 0 Å². The van der Waals surface area contributed by atoms with Gasteiger partial charge in [0.25, 0.3) is 0 Å². The molecule has 0 amide bonds. The quantitative estimate of drug-likeness (QED) is 0.136. The van der Waals surface area contributed by atoms with Crippen LogP contribution in [0.1, 0.15) is 11.1 Å². The molecule has 13 aromatic rings. The standard InChI is InChI=1S/C64H44N6O2/c1-41-29-31-65-63(33-41)69-57-19-11-9-17-51(57)53-27-23-47(37-59(53)69)71-61-35-45(21-25-49(61)43-13-5-3-6-14-43)55-39-68-56(40-67-55)46-22-26-50(44-15-7-4-8-16-44)62(36-46)72-48-24-28-54-52-18-10-12-20-58(52)70(60(54)38-48)64-34-42(2)30-32-66-64/h3-40H,1-2H3. The number of para-hydroxylation sites is 2. The number of hydrogen-bond donors (Lipinski definition) is 0. The average molecular weight is 929 g/mol. The Hall–Kier alpha value is -9.66. The molecule has 72 heavy (non-hydrogen) atoms. The van der Waals surface area contributed by atoms with Crippen molar-refractivity contribution in [3.8, 4) is 79.4 Å². The van der Waals surface area contributed by atoms with E-state index in [9.17, 15) is 0 Å². The zero-order chi connectivity index (χ0) is 48.1. The second kappa shape index (κ2) is 17.7. The first-order valence-electron chi connectivity index (χ1n) is 24.0. The van der Waals surface area contributed by atoms with Crippen LogP contribution in [0, 0.1) is 13.8 Å². The van der Waals surface area contributed by atoms with Gasteiger partial charge in [0.15, 0.2) is 0 Å². The van der Waals surface area contributed by atoms with E-state index in [0.29, 0.717) is 34.4 Å². The van der Waals surface area contributed by atoms with Gasteiger partial charge in [0.2, 0.25) is 0 Å². The van der Waals surface area contributed by atoms with Gasteiger partial charge < -0.3 is 9.47 Å². The lowest BCUT2D eigenvalue weighted by atomic mass is 10.0. The summed E-state index contributed by atoms with van der Waals surface area (Å²) in [5.74, 6) is 4.53. The molecule has 0 unspecified atom stereocenters. The number of fused-ring (bicyclic) bond motifs is 6. The summed E-state index contributed by atoms with van der Waals surface area (Å²) in [6.07, 6.45) is 7.38. The zero-order valence-electron chi connectivity index (χ0n) is 39.4. The highest BCUT2D eigenvalue weighted by Crippen LogP contribution is 2.42. The largest absolute Gasteiger partial charge is 0.457 e. The monoisotopic (exact) mass is 928 g/mol. The van der Waals surface area contributed by atoms with Crippen molar-refractivity contribution in [3.63, 3.8) is 0 Å². The van der Waals surface area contributed by atoms with Gasteiger partial charge in [-0.25, -0.2) is 9.97 Å². The fourth-order valence-electron chi connectivity index (χ4n) is 9.93. The van der Waals surface area contributed by atoms with E-state index in [2.05, 4.69) is 169 Å². The summed E-state index contributed by atoms with van der Waals surface area (Å²) < 4.78 is 18.3. The van der Waals surface area contributed by atoms with Crippen LogP contribution >= 0.6 is 0 Å². The van der Waals surface area contributed by atoms with E-state index in [1.165, 1.54) is 0 Å². The molecule has 0 aliphatic carbocycles. The van der Waals surface area contributed by atoms with Crippen LogP contribution in [-0.4, -0.2) is 29.1 Å². The van der Waals surface area contributed by atoms with E-state index in [1.807, 2.05) is 85.5 Å². The van der Waals surface area contributed by atoms with Crippen LogP contribution in [0.25, 0.3) is 100 Å². The summed E-state index contributed by atoms with van der Waals surface area (Å²) in [7, 11) is 0. The molecule has 0 aliphatic rings. The van der Waals surface area contributed by atoms with E-state index >= 15 is 0 Å². The van der Waals surface area contributed by atoms with Crippen molar-refractivity contribution in [3.05, 3.63) is 242 Å². The first-order valence-corrected chi connectivity index (χ1v) is 24.0. The third kappa shape index (κ3) is 7.68. The van der Waals surface area contributed by atoms with Crippen LogP contribution < -0.4 is 9.47 Å². The molecule has 0 fully saturated rings. The van der Waals surface area contributed by atoms with Crippen molar-refractivity contribution in [2.75, 3.05) is 0 Å². The van der Waals surface area contributed by atoms with E-state index < -0.39 is 0 Å². The van der Waals surface area contributed by atoms with Crippen LogP contribution in [0.4, 0.5) is 0 Å². The van der Waals surface area contributed by atoms with Gasteiger partial charge in [-0.15, -0.1) is 0 Å². The molecular formula is C64H44N6O2. The third-order valence-electron chi connectivity index (χ3n) is 13.4. The molecule has 5 aromatic heterocycles. The number of aromatic nitrogens is 6. The lowest BCUT2D eigenvalue weighted by molar-refractivity contribution is 0.485. The molecule has 0 N–H and O–H groups in total. The van der Waals surface area contributed by atoms with Crippen LogP contribution in [0.3, 0.4) is 0 Å². The summed E-state index contributed by atoms with van der Waals surface area (Å²) >= 11 is 0. The Bertz CT molecular complexity index is 3910. The van der Waals surface area contributed by atoms with Gasteiger partial charge in [0, 0.05) is 68.3 Å². The highest BCUT2D eigenvalue weighted by molar-refractivity contribution is 6.10. The van der Waals surface area contributed by atoms with Gasteiger partial charge in [0.1, 0.15) is 34.6 Å². The zero-order valence-corrected chi connectivity index (χ0v) is 39.4. The molecule has 0 saturated carbocycles. The lowest BCUT2D eigenvalue weighted by Gasteiger charge is -2.15. The number of aryl methyl sites for hydroxylation is 2. The lowest BCUT2D eigenvalue weighted by Crippen LogP contribution is -1.98. The Morgan fingerprint density at radius 1 is 0.333 bits per heavy atom. The minimum atomic E-state index is 0.701. The number of hydrogen-bond acceptors (Lipinski definition) is 6. The Balaban J connectivity index is 0.856. The predicted octanol–water partition coefficient (Wildman–Crippen LogP) is 16.3.